The molecule has 104 valence electrons. The first kappa shape index (κ1) is 14.9. The van der Waals surface area contributed by atoms with Crippen molar-refractivity contribution in [3.8, 4) is 0 Å². The van der Waals surface area contributed by atoms with E-state index in [0.29, 0.717) is 26.2 Å². The molecule has 1 aliphatic heterocycles. The molecule has 1 aliphatic rings. The number of ether oxygens (including phenoxy) is 2. The fraction of sp³-hybridized carbons (Fsp3) is 0.833. The minimum atomic E-state index is -0.787. The van der Waals surface area contributed by atoms with Crippen LogP contribution < -0.4 is 0 Å². The Morgan fingerprint density at radius 2 is 1.67 bits per heavy atom. The molecule has 0 saturated carbocycles. The topological polar surface area (TPSA) is 59.1 Å². The number of hydrogen-bond donors (Lipinski definition) is 0. The number of amides is 1. The zero-order valence-corrected chi connectivity index (χ0v) is 11.6. The highest BCUT2D eigenvalue weighted by molar-refractivity contribution is 5.84. The Balaban J connectivity index is 2.44. The van der Waals surface area contributed by atoms with Crippen LogP contribution in [0.3, 0.4) is 0 Å². The fourth-order valence-corrected chi connectivity index (χ4v) is 1.82. The van der Waals surface area contributed by atoms with Crippen molar-refractivity contribution in [2.24, 2.45) is 0 Å². The summed E-state index contributed by atoms with van der Waals surface area (Å²) in [6.45, 7) is 6.39. The van der Waals surface area contributed by atoms with Gasteiger partial charge in [0.15, 0.2) is 0 Å². The lowest BCUT2D eigenvalue weighted by atomic mass is 10.1. The smallest absolute Gasteiger partial charge is 0.319 e. The van der Waals surface area contributed by atoms with Gasteiger partial charge in [-0.2, -0.15) is 0 Å². The lowest BCUT2D eigenvalue weighted by Gasteiger charge is -2.37. The second-order valence-corrected chi connectivity index (χ2v) is 4.86. The van der Waals surface area contributed by atoms with Crippen LogP contribution >= 0.6 is 0 Å². The minimum Gasteiger partial charge on any atom is -0.468 e. The summed E-state index contributed by atoms with van der Waals surface area (Å²) in [5, 5.41) is 0. The Morgan fingerprint density at radius 3 is 2.11 bits per heavy atom. The summed E-state index contributed by atoms with van der Waals surface area (Å²) in [7, 11) is 2.91. The van der Waals surface area contributed by atoms with Crippen molar-refractivity contribution in [1.29, 1.82) is 0 Å². The zero-order valence-electron chi connectivity index (χ0n) is 11.6. The normalized spacial score (nSPS) is 17.7. The highest BCUT2D eigenvalue weighted by Gasteiger charge is 2.33. The molecule has 18 heavy (non-hydrogen) atoms. The Labute approximate surface area is 108 Å². The van der Waals surface area contributed by atoms with E-state index in [0.717, 1.165) is 0 Å². The summed E-state index contributed by atoms with van der Waals surface area (Å²) in [6, 6.07) is 0. The average molecular weight is 258 g/mol. The number of esters is 1. The van der Waals surface area contributed by atoms with E-state index in [-0.39, 0.29) is 18.4 Å². The van der Waals surface area contributed by atoms with E-state index >= 15 is 0 Å². The molecule has 0 bridgehead atoms. The standard InChI is InChI=1S/C12H22N2O4/c1-12(2,18-4)11(16)14-7-5-13(6-8-14)9-10(15)17-3/h5-9H2,1-4H3. The predicted octanol–water partition coefficient (Wildman–Crippen LogP) is -0.271. The fourth-order valence-electron chi connectivity index (χ4n) is 1.82. The molecular weight excluding hydrogens is 236 g/mol. The molecule has 1 heterocycles. The van der Waals surface area contributed by atoms with Crippen molar-refractivity contribution >= 4 is 11.9 Å². The predicted molar refractivity (Wildman–Crippen MR) is 66.1 cm³/mol. The first-order valence-electron chi connectivity index (χ1n) is 6.04. The number of hydrogen-bond acceptors (Lipinski definition) is 5. The van der Waals surface area contributed by atoms with Crippen LogP contribution in [0.1, 0.15) is 13.8 Å². The van der Waals surface area contributed by atoms with Gasteiger partial charge < -0.3 is 14.4 Å². The van der Waals surface area contributed by atoms with Gasteiger partial charge in [0.25, 0.3) is 5.91 Å². The molecule has 0 spiro atoms. The molecule has 1 saturated heterocycles. The van der Waals surface area contributed by atoms with Crippen molar-refractivity contribution < 1.29 is 19.1 Å². The molecule has 1 amide bonds. The lowest BCUT2D eigenvalue weighted by molar-refractivity contribution is -0.153. The number of carbonyl (C=O) groups is 2. The van der Waals surface area contributed by atoms with Gasteiger partial charge in [-0.25, -0.2) is 0 Å². The quantitative estimate of drug-likeness (QED) is 0.650. The van der Waals surface area contributed by atoms with Crippen LogP contribution in [-0.4, -0.2) is 74.2 Å². The van der Waals surface area contributed by atoms with Crippen molar-refractivity contribution in [3.05, 3.63) is 0 Å². The van der Waals surface area contributed by atoms with Gasteiger partial charge in [-0.15, -0.1) is 0 Å². The van der Waals surface area contributed by atoms with E-state index in [9.17, 15) is 9.59 Å². The van der Waals surface area contributed by atoms with E-state index in [1.165, 1.54) is 14.2 Å². The van der Waals surface area contributed by atoms with E-state index in [1.54, 1.807) is 18.7 Å². The van der Waals surface area contributed by atoms with Crippen molar-refractivity contribution in [1.82, 2.24) is 9.80 Å². The van der Waals surface area contributed by atoms with Gasteiger partial charge in [0, 0.05) is 33.3 Å². The van der Waals surface area contributed by atoms with Crippen molar-refractivity contribution in [2.45, 2.75) is 19.4 Å². The molecule has 6 heteroatoms. The highest BCUT2D eigenvalue weighted by atomic mass is 16.5. The number of methoxy groups -OCH3 is 2. The van der Waals surface area contributed by atoms with Gasteiger partial charge in [0.05, 0.1) is 13.7 Å². The molecule has 0 radical (unpaired) electrons. The molecule has 0 aromatic carbocycles. The maximum absolute atomic E-state index is 12.1. The molecular formula is C12H22N2O4. The van der Waals surface area contributed by atoms with E-state index < -0.39 is 5.60 Å². The van der Waals surface area contributed by atoms with Crippen molar-refractivity contribution in [2.75, 3.05) is 46.9 Å². The SMILES string of the molecule is COC(=O)CN1CCN(C(=O)C(C)(C)OC)CC1. The van der Waals surface area contributed by atoms with Crippen LogP contribution in [0.2, 0.25) is 0 Å². The highest BCUT2D eigenvalue weighted by Crippen LogP contribution is 2.14. The zero-order chi connectivity index (χ0) is 13.8. The van der Waals surface area contributed by atoms with Crippen LogP contribution in [0.5, 0.6) is 0 Å². The van der Waals surface area contributed by atoms with Crippen molar-refractivity contribution in [3.63, 3.8) is 0 Å². The van der Waals surface area contributed by atoms with Gasteiger partial charge in [-0.05, 0) is 13.8 Å². The molecule has 1 fully saturated rings. The molecule has 0 unspecified atom stereocenters. The van der Waals surface area contributed by atoms with Gasteiger partial charge in [-0.1, -0.05) is 0 Å². The molecule has 0 N–H and O–H groups in total. The summed E-state index contributed by atoms with van der Waals surface area (Å²) in [6.07, 6.45) is 0. The monoisotopic (exact) mass is 258 g/mol. The number of piperazine rings is 1. The first-order chi connectivity index (χ1) is 8.40. The maximum Gasteiger partial charge on any atom is 0.319 e. The Bertz CT molecular complexity index is 309. The van der Waals surface area contributed by atoms with Crippen LogP contribution in [-0.2, 0) is 19.1 Å². The molecule has 1 rings (SSSR count). The summed E-state index contributed by atoms with van der Waals surface area (Å²) >= 11 is 0. The van der Waals surface area contributed by atoms with E-state index in [1.807, 2.05) is 4.90 Å². The number of rotatable bonds is 4. The number of nitrogens with zero attached hydrogens (tertiary/aromatic N) is 2. The third-order valence-electron chi connectivity index (χ3n) is 3.27. The average Bonchev–Trinajstić information content (AvgIpc) is 2.38. The van der Waals surface area contributed by atoms with E-state index in [2.05, 4.69) is 4.74 Å². The molecule has 0 aromatic rings. The summed E-state index contributed by atoms with van der Waals surface area (Å²) in [5.74, 6) is -0.255. The van der Waals surface area contributed by atoms with E-state index in [4.69, 9.17) is 4.74 Å². The Kier molecular flexibility index (Phi) is 5.10. The Hall–Kier alpha value is -1.14. The first-order valence-corrected chi connectivity index (χ1v) is 6.04. The molecule has 0 aliphatic carbocycles. The molecule has 6 nitrogen and oxygen atoms in total. The van der Waals surface area contributed by atoms with Crippen LogP contribution in [0.15, 0.2) is 0 Å². The van der Waals surface area contributed by atoms with Gasteiger partial charge in [0.2, 0.25) is 0 Å². The lowest BCUT2D eigenvalue weighted by Crippen LogP contribution is -2.55. The summed E-state index contributed by atoms with van der Waals surface area (Å²) < 4.78 is 9.80. The summed E-state index contributed by atoms with van der Waals surface area (Å²) in [4.78, 5) is 27.0. The van der Waals surface area contributed by atoms with Crippen LogP contribution in [0, 0.1) is 0 Å². The van der Waals surface area contributed by atoms with Gasteiger partial charge in [0.1, 0.15) is 5.60 Å². The Morgan fingerprint density at radius 1 is 1.11 bits per heavy atom. The molecule has 0 atom stereocenters. The van der Waals surface area contributed by atoms with Crippen LogP contribution in [0.4, 0.5) is 0 Å². The third kappa shape index (κ3) is 3.68. The largest absolute Gasteiger partial charge is 0.468 e. The van der Waals surface area contributed by atoms with Crippen LogP contribution in [0.25, 0.3) is 0 Å². The summed E-state index contributed by atoms with van der Waals surface area (Å²) in [5.41, 5.74) is -0.787. The second kappa shape index (κ2) is 6.15. The maximum atomic E-state index is 12.1. The minimum absolute atomic E-state index is 0.0114. The second-order valence-electron chi connectivity index (χ2n) is 4.86. The van der Waals surface area contributed by atoms with Gasteiger partial charge >= 0.3 is 5.97 Å². The van der Waals surface area contributed by atoms with Gasteiger partial charge in [-0.3, -0.25) is 14.5 Å². The molecule has 0 aromatic heterocycles. The third-order valence-corrected chi connectivity index (χ3v) is 3.27. The number of carbonyl (C=O) groups excluding carboxylic acids is 2.